The van der Waals surface area contributed by atoms with E-state index in [1.54, 1.807) is 0 Å². The molecule has 1 saturated carbocycles. The number of anilines is 1. The van der Waals surface area contributed by atoms with Gasteiger partial charge >= 0.3 is 0 Å². The van der Waals surface area contributed by atoms with Crippen molar-refractivity contribution in [2.75, 3.05) is 5.32 Å². The van der Waals surface area contributed by atoms with Gasteiger partial charge in [-0.25, -0.2) is 0 Å². The lowest BCUT2D eigenvalue weighted by Gasteiger charge is -2.37. The van der Waals surface area contributed by atoms with Crippen LogP contribution in [-0.2, 0) is 0 Å². The van der Waals surface area contributed by atoms with Crippen LogP contribution in [0.4, 0.5) is 5.69 Å². The van der Waals surface area contributed by atoms with Gasteiger partial charge in [0.05, 0.1) is 10.7 Å². The maximum atomic E-state index is 6.23. The average Bonchev–Trinajstić information content (AvgIpc) is 2.39. The Labute approximate surface area is 126 Å². The molecule has 0 aliphatic heterocycles. The van der Waals surface area contributed by atoms with Crippen LogP contribution in [0.1, 0.15) is 35.4 Å². The first-order valence-electron chi connectivity index (χ1n) is 7.21. The first-order chi connectivity index (χ1) is 9.61. The van der Waals surface area contributed by atoms with Gasteiger partial charge < -0.3 is 5.32 Å². The molecule has 1 fully saturated rings. The molecule has 20 heavy (non-hydrogen) atoms. The maximum absolute atomic E-state index is 6.23. The van der Waals surface area contributed by atoms with Crippen LogP contribution in [-0.4, -0.2) is 6.04 Å². The maximum Gasteiger partial charge on any atom is 0.0637 e. The summed E-state index contributed by atoms with van der Waals surface area (Å²) in [7, 11) is 0. The van der Waals surface area contributed by atoms with Crippen molar-refractivity contribution in [3.05, 3.63) is 64.2 Å². The third-order valence-electron chi connectivity index (χ3n) is 4.17. The predicted octanol–water partition coefficient (Wildman–Crippen LogP) is 5.31. The lowest BCUT2D eigenvalue weighted by molar-refractivity contribution is 0.374. The van der Waals surface area contributed by atoms with Crippen molar-refractivity contribution in [2.24, 2.45) is 0 Å². The standard InChI is InChI=1S/C18H20ClN/c1-12-3-6-14(7-4-12)15-10-16(11-15)20-18-9-13(2)5-8-17(18)19/h3-9,15-16,20H,10-11H2,1-2H3. The molecule has 104 valence electrons. The van der Waals surface area contributed by atoms with E-state index in [2.05, 4.69) is 49.5 Å². The SMILES string of the molecule is Cc1ccc(C2CC(Nc3cc(C)ccc3Cl)C2)cc1. The van der Waals surface area contributed by atoms with Gasteiger partial charge in [-0.3, -0.25) is 0 Å². The molecule has 1 aliphatic carbocycles. The fourth-order valence-electron chi connectivity index (χ4n) is 2.82. The highest BCUT2D eigenvalue weighted by atomic mass is 35.5. The van der Waals surface area contributed by atoms with Crippen molar-refractivity contribution in [3.8, 4) is 0 Å². The predicted molar refractivity (Wildman–Crippen MR) is 86.8 cm³/mol. The molecule has 0 bridgehead atoms. The summed E-state index contributed by atoms with van der Waals surface area (Å²) >= 11 is 6.23. The highest BCUT2D eigenvalue weighted by Crippen LogP contribution is 2.39. The molecule has 0 heterocycles. The highest BCUT2D eigenvalue weighted by molar-refractivity contribution is 6.33. The van der Waals surface area contributed by atoms with Gasteiger partial charge in [-0.05, 0) is 55.9 Å². The molecule has 0 amide bonds. The minimum atomic E-state index is 0.542. The Hall–Kier alpha value is -1.47. The topological polar surface area (TPSA) is 12.0 Å². The molecule has 0 saturated heterocycles. The molecule has 3 rings (SSSR count). The van der Waals surface area contributed by atoms with E-state index in [9.17, 15) is 0 Å². The summed E-state index contributed by atoms with van der Waals surface area (Å²) in [5, 5.41) is 4.38. The Morgan fingerprint density at radius 2 is 1.60 bits per heavy atom. The van der Waals surface area contributed by atoms with E-state index in [-0.39, 0.29) is 0 Å². The number of hydrogen-bond acceptors (Lipinski definition) is 1. The fourth-order valence-corrected chi connectivity index (χ4v) is 2.99. The second-order valence-corrected chi connectivity index (χ2v) is 6.31. The van der Waals surface area contributed by atoms with Crippen molar-refractivity contribution in [1.82, 2.24) is 0 Å². The molecular weight excluding hydrogens is 266 g/mol. The Morgan fingerprint density at radius 1 is 0.950 bits per heavy atom. The van der Waals surface area contributed by atoms with Gasteiger partial charge in [0.2, 0.25) is 0 Å². The summed E-state index contributed by atoms with van der Waals surface area (Å²) in [5.74, 6) is 0.691. The number of rotatable bonds is 3. The monoisotopic (exact) mass is 285 g/mol. The van der Waals surface area contributed by atoms with Crippen LogP contribution in [0.2, 0.25) is 5.02 Å². The Morgan fingerprint density at radius 3 is 2.30 bits per heavy atom. The Kier molecular flexibility index (Phi) is 3.71. The summed E-state index contributed by atoms with van der Waals surface area (Å²) in [6.07, 6.45) is 2.38. The summed E-state index contributed by atoms with van der Waals surface area (Å²) in [5.41, 5.74) is 5.10. The number of nitrogens with one attached hydrogen (secondary N) is 1. The Bertz CT molecular complexity index is 597. The summed E-state index contributed by atoms with van der Waals surface area (Å²) in [6, 6.07) is 15.6. The third-order valence-corrected chi connectivity index (χ3v) is 4.50. The van der Waals surface area contributed by atoms with Gasteiger partial charge in [0.15, 0.2) is 0 Å². The number of benzene rings is 2. The molecule has 1 N–H and O–H groups in total. The van der Waals surface area contributed by atoms with Gasteiger partial charge in [0.25, 0.3) is 0 Å². The van der Waals surface area contributed by atoms with Crippen molar-refractivity contribution >= 4 is 17.3 Å². The average molecular weight is 286 g/mol. The van der Waals surface area contributed by atoms with Crippen LogP contribution < -0.4 is 5.32 Å². The molecule has 1 nitrogen and oxygen atoms in total. The van der Waals surface area contributed by atoms with Gasteiger partial charge in [-0.2, -0.15) is 0 Å². The minimum Gasteiger partial charge on any atom is -0.381 e. The van der Waals surface area contributed by atoms with Gasteiger partial charge in [-0.1, -0.05) is 47.5 Å². The molecule has 2 aromatic rings. The largest absolute Gasteiger partial charge is 0.381 e. The van der Waals surface area contributed by atoms with Crippen molar-refractivity contribution in [1.29, 1.82) is 0 Å². The molecule has 0 unspecified atom stereocenters. The molecule has 0 aromatic heterocycles. The molecule has 0 spiro atoms. The molecule has 0 radical (unpaired) electrons. The van der Waals surface area contributed by atoms with Gasteiger partial charge in [0, 0.05) is 6.04 Å². The van der Waals surface area contributed by atoms with E-state index in [4.69, 9.17) is 11.6 Å². The zero-order valence-corrected chi connectivity index (χ0v) is 12.7. The van der Waals surface area contributed by atoms with Crippen LogP contribution in [0.25, 0.3) is 0 Å². The smallest absolute Gasteiger partial charge is 0.0637 e. The van der Waals surface area contributed by atoms with Crippen molar-refractivity contribution in [3.63, 3.8) is 0 Å². The molecular formula is C18H20ClN. The summed E-state index contributed by atoms with van der Waals surface area (Å²) in [6.45, 7) is 4.23. The number of halogens is 1. The van der Waals surface area contributed by atoms with Crippen molar-refractivity contribution < 1.29 is 0 Å². The quantitative estimate of drug-likeness (QED) is 0.805. The first-order valence-corrected chi connectivity index (χ1v) is 7.59. The van der Waals surface area contributed by atoms with Crippen LogP contribution in [0, 0.1) is 13.8 Å². The molecule has 2 aromatic carbocycles. The van der Waals surface area contributed by atoms with E-state index in [0.29, 0.717) is 12.0 Å². The lowest BCUT2D eigenvalue weighted by Crippen LogP contribution is -2.34. The van der Waals surface area contributed by atoms with Crippen LogP contribution >= 0.6 is 11.6 Å². The lowest BCUT2D eigenvalue weighted by atomic mass is 9.75. The highest BCUT2D eigenvalue weighted by Gasteiger charge is 2.30. The number of hydrogen-bond donors (Lipinski definition) is 1. The van der Waals surface area contributed by atoms with E-state index in [1.807, 2.05) is 12.1 Å². The zero-order valence-electron chi connectivity index (χ0n) is 12.0. The molecule has 0 atom stereocenters. The zero-order chi connectivity index (χ0) is 14.1. The molecule has 1 aliphatic rings. The van der Waals surface area contributed by atoms with E-state index >= 15 is 0 Å². The summed E-state index contributed by atoms with van der Waals surface area (Å²) < 4.78 is 0. The molecule has 2 heteroatoms. The second-order valence-electron chi connectivity index (χ2n) is 5.90. The normalized spacial score (nSPS) is 21.4. The number of aryl methyl sites for hydroxylation is 2. The third kappa shape index (κ3) is 2.83. The van der Waals surface area contributed by atoms with E-state index in [1.165, 1.54) is 29.5 Å². The first kappa shape index (κ1) is 13.5. The summed E-state index contributed by atoms with van der Waals surface area (Å²) in [4.78, 5) is 0. The van der Waals surface area contributed by atoms with Crippen LogP contribution in [0.3, 0.4) is 0 Å². The second kappa shape index (κ2) is 5.49. The minimum absolute atomic E-state index is 0.542. The van der Waals surface area contributed by atoms with Crippen LogP contribution in [0.5, 0.6) is 0 Å². The van der Waals surface area contributed by atoms with Crippen molar-refractivity contribution in [2.45, 2.75) is 38.6 Å². The Balaban J connectivity index is 1.60. The van der Waals surface area contributed by atoms with E-state index in [0.717, 1.165) is 10.7 Å². The van der Waals surface area contributed by atoms with Gasteiger partial charge in [-0.15, -0.1) is 0 Å². The van der Waals surface area contributed by atoms with Gasteiger partial charge in [0.1, 0.15) is 0 Å². The van der Waals surface area contributed by atoms with E-state index < -0.39 is 0 Å². The fraction of sp³-hybridized carbons (Fsp3) is 0.333. The van der Waals surface area contributed by atoms with Crippen LogP contribution in [0.15, 0.2) is 42.5 Å².